The molecule has 1 aromatic heterocycles. The van der Waals surface area contributed by atoms with Gasteiger partial charge in [0.25, 0.3) is 5.56 Å². The monoisotopic (exact) mass is 556 g/mol. The lowest BCUT2D eigenvalue weighted by Gasteiger charge is -2.24. The van der Waals surface area contributed by atoms with Gasteiger partial charge in [-0.25, -0.2) is 4.98 Å². The van der Waals surface area contributed by atoms with E-state index in [4.69, 9.17) is 16.6 Å². The van der Waals surface area contributed by atoms with Gasteiger partial charge in [0, 0.05) is 31.2 Å². The summed E-state index contributed by atoms with van der Waals surface area (Å²) < 4.78 is 6.15. The molecule has 3 aromatic rings. The minimum atomic E-state index is -0.660. The zero-order valence-electron chi connectivity index (χ0n) is 21.2. The summed E-state index contributed by atoms with van der Waals surface area (Å²) in [5.41, 5.74) is 1.07. The Morgan fingerprint density at radius 2 is 1.97 bits per heavy atom. The lowest BCUT2D eigenvalue weighted by atomic mass is 10.1. The fraction of sp³-hybridized carbons (Fsp3) is 0.370. The van der Waals surface area contributed by atoms with Gasteiger partial charge < -0.3 is 15.0 Å². The molecule has 0 saturated carbocycles. The molecule has 4 rings (SSSR count). The van der Waals surface area contributed by atoms with Gasteiger partial charge in [0.1, 0.15) is 5.25 Å². The van der Waals surface area contributed by atoms with Crippen molar-refractivity contribution in [2.24, 2.45) is 5.92 Å². The summed E-state index contributed by atoms with van der Waals surface area (Å²) >= 11 is 7.33. The highest BCUT2D eigenvalue weighted by Gasteiger charge is 2.36. The van der Waals surface area contributed by atoms with Crippen molar-refractivity contribution < 1.29 is 19.1 Å². The topological polar surface area (TPSA) is 111 Å². The minimum Gasteiger partial charge on any atom is -0.469 e. The summed E-state index contributed by atoms with van der Waals surface area (Å²) in [6, 6.07) is 14.3. The molecular formula is C27H29ClN4O5S. The Labute approximate surface area is 229 Å². The van der Waals surface area contributed by atoms with Crippen LogP contribution in [0.3, 0.4) is 0 Å². The first-order valence-corrected chi connectivity index (χ1v) is 13.6. The van der Waals surface area contributed by atoms with Crippen molar-refractivity contribution in [3.63, 3.8) is 0 Å². The van der Waals surface area contributed by atoms with E-state index in [-0.39, 0.29) is 42.8 Å². The lowest BCUT2D eigenvalue weighted by molar-refractivity contribution is -0.140. The van der Waals surface area contributed by atoms with E-state index in [1.807, 2.05) is 37.3 Å². The van der Waals surface area contributed by atoms with E-state index in [9.17, 15) is 19.2 Å². The van der Waals surface area contributed by atoms with Crippen molar-refractivity contribution in [3.05, 3.63) is 69.5 Å². The summed E-state index contributed by atoms with van der Waals surface area (Å²) in [6.45, 7) is 3.13. The number of thioether (sulfide) groups is 1. The number of aromatic nitrogens is 2. The van der Waals surface area contributed by atoms with Crippen LogP contribution < -0.4 is 10.9 Å². The highest BCUT2D eigenvalue weighted by Crippen LogP contribution is 2.37. The molecule has 2 aromatic carbocycles. The molecule has 1 saturated heterocycles. The average Bonchev–Trinajstić information content (AvgIpc) is 3.43. The fourth-order valence-corrected chi connectivity index (χ4v) is 5.83. The maximum Gasteiger partial charge on any atom is 0.307 e. The molecular weight excluding hydrogens is 528 g/mol. The van der Waals surface area contributed by atoms with Gasteiger partial charge in [-0.15, -0.1) is 0 Å². The number of methoxy groups -OCH3 is 1. The molecule has 0 radical (unpaired) electrons. The van der Waals surface area contributed by atoms with Crippen LogP contribution in [0.4, 0.5) is 0 Å². The van der Waals surface area contributed by atoms with Crippen molar-refractivity contribution >= 4 is 52.0 Å². The molecule has 9 nitrogen and oxygen atoms in total. The molecule has 200 valence electrons. The Balaban J connectivity index is 1.57. The zero-order valence-corrected chi connectivity index (χ0v) is 22.8. The Morgan fingerprint density at radius 1 is 1.21 bits per heavy atom. The Morgan fingerprint density at radius 3 is 2.68 bits per heavy atom. The van der Waals surface area contributed by atoms with Crippen LogP contribution in [0.15, 0.2) is 58.5 Å². The van der Waals surface area contributed by atoms with E-state index in [1.54, 1.807) is 27.7 Å². The van der Waals surface area contributed by atoms with Gasteiger partial charge in [-0.1, -0.05) is 53.7 Å². The van der Waals surface area contributed by atoms with Crippen LogP contribution in [0.1, 0.15) is 30.6 Å². The molecule has 1 N–H and O–H groups in total. The van der Waals surface area contributed by atoms with Gasteiger partial charge in [-0.05, 0) is 37.1 Å². The van der Waals surface area contributed by atoms with Crippen LogP contribution in [0.5, 0.6) is 0 Å². The molecule has 0 bridgehead atoms. The van der Waals surface area contributed by atoms with Crippen molar-refractivity contribution in [3.8, 4) is 0 Å². The molecule has 1 fully saturated rings. The summed E-state index contributed by atoms with van der Waals surface area (Å²) in [6.07, 6.45) is 0.616. The first-order chi connectivity index (χ1) is 18.3. The number of rotatable bonds is 9. The number of carbonyl (C=O) groups is 3. The Kier molecular flexibility index (Phi) is 9.06. The van der Waals surface area contributed by atoms with E-state index < -0.39 is 11.2 Å². The van der Waals surface area contributed by atoms with E-state index in [2.05, 4.69) is 10.1 Å². The van der Waals surface area contributed by atoms with Crippen LogP contribution in [0, 0.1) is 5.92 Å². The molecule has 11 heteroatoms. The van der Waals surface area contributed by atoms with Crippen LogP contribution >= 0.6 is 23.4 Å². The number of benzene rings is 2. The lowest BCUT2D eigenvalue weighted by Crippen LogP contribution is -2.37. The first kappa shape index (κ1) is 27.7. The van der Waals surface area contributed by atoms with E-state index in [1.165, 1.54) is 18.9 Å². The molecule has 1 aliphatic heterocycles. The Hall–Kier alpha value is -3.37. The van der Waals surface area contributed by atoms with Gasteiger partial charge in [-0.3, -0.25) is 23.7 Å². The van der Waals surface area contributed by atoms with Crippen molar-refractivity contribution in [2.75, 3.05) is 26.7 Å². The number of nitrogens with zero attached hydrogens (tertiary/aromatic N) is 3. The number of likely N-dealkylation sites (tertiary alicyclic amines) is 1. The van der Waals surface area contributed by atoms with Crippen LogP contribution in [0.2, 0.25) is 5.02 Å². The third kappa shape index (κ3) is 6.19. The summed E-state index contributed by atoms with van der Waals surface area (Å²) in [5, 5.41) is 3.40. The normalized spacial score (nSPS) is 15.9. The predicted octanol–water partition coefficient (Wildman–Crippen LogP) is 3.43. The smallest absolute Gasteiger partial charge is 0.307 e. The average molecular weight is 557 g/mol. The summed E-state index contributed by atoms with van der Waals surface area (Å²) in [4.78, 5) is 57.4. The number of fused-ring (bicyclic) bond motifs is 1. The molecule has 1 aliphatic rings. The molecule has 2 atom stereocenters. The number of amides is 2. The van der Waals surface area contributed by atoms with Crippen LogP contribution in [-0.4, -0.2) is 59.0 Å². The number of nitrogens with one attached hydrogen (secondary N) is 1. The van der Waals surface area contributed by atoms with Gasteiger partial charge in [0.2, 0.25) is 11.8 Å². The number of hydrogen-bond acceptors (Lipinski definition) is 7. The first-order valence-electron chi connectivity index (χ1n) is 12.4. The summed E-state index contributed by atoms with van der Waals surface area (Å²) in [5.74, 6) is -1.11. The number of hydrogen-bond donors (Lipinski definition) is 1. The second-order valence-electron chi connectivity index (χ2n) is 8.90. The van der Waals surface area contributed by atoms with Gasteiger partial charge in [0.05, 0.1) is 30.4 Å². The Bertz CT molecular complexity index is 1400. The van der Waals surface area contributed by atoms with Gasteiger partial charge in [0.15, 0.2) is 5.16 Å². The predicted molar refractivity (Wildman–Crippen MR) is 146 cm³/mol. The molecule has 1 unspecified atom stereocenters. The van der Waals surface area contributed by atoms with Crippen molar-refractivity contribution in [2.45, 2.75) is 36.7 Å². The largest absolute Gasteiger partial charge is 0.469 e. The second kappa shape index (κ2) is 12.4. The SMILES string of the molecule is CCn1c(SC(C(=O)N2CC[C@H](C(=O)NCCC(=O)OC)C2)c2ccccc2)nc2ccc(Cl)cc2c1=O. The third-order valence-electron chi connectivity index (χ3n) is 6.47. The van der Waals surface area contributed by atoms with Crippen LogP contribution in [0.25, 0.3) is 10.9 Å². The number of halogens is 1. The number of ether oxygens (including phenoxy) is 1. The van der Waals surface area contributed by atoms with E-state index in [0.717, 1.165) is 5.56 Å². The zero-order chi connectivity index (χ0) is 27.2. The molecule has 2 heterocycles. The molecule has 0 spiro atoms. The van der Waals surface area contributed by atoms with Crippen molar-refractivity contribution in [1.82, 2.24) is 19.8 Å². The maximum atomic E-state index is 13.8. The highest BCUT2D eigenvalue weighted by molar-refractivity contribution is 8.00. The third-order valence-corrected chi connectivity index (χ3v) is 7.94. The quantitative estimate of drug-likeness (QED) is 0.244. The maximum absolute atomic E-state index is 13.8. The fourth-order valence-electron chi connectivity index (χ4n) is 4.41. The molecule has 0 aliphatic carbocycles. The number of esters is 1. The van der Waals surface area contributed by atoms with Gasteiger partial charge in [-0.2, -0.15) is 0 Å². The number of carbonyl (C=O) groups excluding carboxylic acids is 3. The second-order valence-corrected chi connectivity index (χ2v) is 10.4. The van der Waals surface area contributed by atoms with Gasteiger partial charge >= 0.3 is 5.97 Å². The minimum absolute atomic E-state index is 0.0917. The van der Waals surface area contributed by atoms with E-state index in [0.29, 0.717) is 40.6 Å². The molecule has 38 heavy (non-hydrogen) atoms. The van der Waals surface area contributed by atoms with Crippen LogP contribution in [-0.2, 0) is 25.7 Å². The molecule has 2 amide bonds. The summed E-state index contributed by atoms with van der Waals surface area (Å²) in [7, 11) is 1.30. The standard InChI is InChI=1S/C27H29ClN4O5S/c1-3-32-25(35)20-15-19(28)9-10-21(20)30-27(32)38-23(17-7-5-4-6-8-17)26(36)31-14-12-18(16-31)24(34)29-13-11-22(33)37-2/h4-10,15,18,23H,3,11-14,16H2,1-2H3,(H,29,34)/t18-,23?/m0/s1. The van der Waals surface area contributed by atoms with E-state index >= 15 is 0 Å². The highest BCUT2D eigenvalue weighted by atomic mass is 35.5. The van der Waals surface area contributed by atoms with Crippen molar-refractivity contribution in [1.29, 1.82) is 0 Å².